The van der Waals surface area contributed by atoms with Crippen LogP contribution in [0, 0.1) is 5.82 Å². The number of aliphatic hydroxyl groups excluding tert-OH is 2. The second-order valence-corrected chi connectivity index (χ2v) is 21.8. The largest absolute Gasteiger partial charge is 0.491 e. The number of imide groups is 2. The van der Waals surface area contributed by atoms with Crippen LogP contribution in [-0.2, 0) is 58.9 Å². The molecule has 1 saturated heterocycles. The van der Waals surface area contributed by atoms with Gasteiger partial charge in [0.05, 0.1) is 120 Å². The zero-order valence-electron chi connectivity index (χ0n) is 51.7. The number of hydrogen-bond acceptors (Lipinski definition) is 18. The van der Waals surface area contributed by atoms with Gasteiger partial charge in [0.1, 0.15) is 30.0 Å². The summed E-state index contributed by atoms with van der Waals surface area (Å²) in [6.45, 7) is 8.67. The summed E-state index contributed by atoms with van der Waals surface area (Å²) in [5.74, 6) is -5.00. The molecule has 26 heteroatoms. The minimum Gasteiger partial charge on any atom is -0.491 e. The highest BCUT2D eigenvalue weighted by Crippen LogP contribution is 2.43. The zero-order chi connectivity index (χ0) is 65.8. The zero-order valence-corrected chi connectivity index (χ0v) is 51.7. The number of nitrogens with one attached hydrogen (secondary N) is 4. The Balaban J connectivity index is 0.676. The van der Waals surface area contributed by atoms with Crippen LogP contribution >= 0.6 is 0 Å². The van der Waals surface area contributed by atoms with Crippen LogP contribution in [0.5, 0.6) is 11.5 Å². The molecule has 0 radical (unpaired) electrons. The van der Waals surface area contributed by atoms with Crippen LogP contribution in [0.2, 0.25) is 0 Å². The number of aliphatic carboxylic acids is 1. The standard InChI is InChI=1S/C66H81FN6O19/c1-43(2)61-60(58(44-8-4-3-5-9-44)62(45-13-15-46(67)16-14-45)72(61)26-23-48(74)40-49(75)41-57(79)80)64(82)70-47-17-19-50(20-18-47)91-39-38-90-37-36-89-35-34-88-33-32-87-31-30-86-29-28-85-27-25-69-54(76)12-7-24-68-56(78)42-92-53-11-6-10-51-59(53)66(84)73(65(51)83)52-21-22-55(77)71-63(52)81/h3-6,8-11,13-20,43,48-49,52,74-75H,7,12,21-42H2,1-2H3,(H,68,78)(H,69,76)(H,70,82)(H,79,80)(H,71,77,81)/t48-,49-,52?/m1/s1. The molecule has 7 rings (SSSR count). The third kappa shape index (κ3) is 21.6. The number of piperidine rings is 1. The van der Waals surface area contributed by atoms with Gasteiger partial charge in [-0.2, -0.15) is 0 Å². The molecule has 496 valence electrons. The molecule has 2 aliphatic heterocycles. The van der Waals surface area contributed by atoms with Gasteiger partial charge in [0.15, 0.2) is 6.61 Å². The molecule has 0 aliphatic carbocycles. The van der Waals surface area contributed by atoms with Gasteiger partial charge in [0, 0.05) is 49.4 Å². The molecule has 3 atom stereocenters. The molecule has 7 amide bonds. The third-order valence-electron chi connectivity index (χ3n) is 14.6. The first-order valence-electron chi connectivity index (χ1n) is 30.7. The minimum atomic E-state index is -1.24. The molecule has 3 heterocycles. The number of amides is 7. The van der Waals surface area contributed by atoms with Crippen molar-refractivity contribution in [2.24, 2.45) is 0 Å². The van der Waals surface area contributed by atoms with Crippen molar-refractivity contribution in [3.8, 4) is 33.9 Å². The number of rotatable bonds is 42. The predicted octanol–water partition coefficient (Wildman–Crippen LogP) is 5.28. The van der Waals surface area contributed by atoms with Crippen LogP contribution in [0.3, 0.4) is 0 Å². The predicted molar refractivity (Wildman–Crippen MR) is 332 cm³/mol. The number of anilines is 1. The van der Waals surface area contributed by atoms with Crippen LogP contribution in [0.25, 0.3) is 22.4 Å². The number of carbonyl (C=O) groups excluding carboxylic acids is 7. The van der Waals surface area contributed by atoms with Gasteiger partial charge in [0.2, 0.25) is 17.7 Å². The highest BCUT2D eigenvalue weighted by Gasteiger charge is 2.46. The molecule has 4 aromatic carbocycles. The number of halogens is 1. The molecule has 0 bridgehead atoms. The van der Waals surface area contributed by atoms with E-state index in [4.69, 9.17) is 43.0 Å². The Morgan fingerprint density at radius 2 is 1.26 bits per heavy atom. The summed E-state index contributed by atoms with van der Waals surface area (Å²) in [7, 11) is 0. The summed E-state index contributed by atoms with van der Waals surface area (Å²) in [6, 6.07) is 25.6. The first-order valence-corrected chi connectivity index (χ1v) is 30.7. The topological polar surface area (TPSA) is 327 Å². The number of carbonyl (C=O) groups is 8. The highest BCUT2D eigenvalue weighted by molar-refractivity contribution is 6.24. The van der Waals surface area contributed by atoms with Gasteiger partial charge in [0.25, 0.3) is 23.6 Å². The molecule has 2 aliphatic rings. The number of hydrogen-bond donors (Lipinski definition) is 7. The van der Waals surface area contributed by atoms with E-state index in [1.54, 1.807) is 36.4 Å². The summed E-state index contributed by atoms with van der Waals surface area (Å²) >= 11 is 0. The van der Waals surface area contributed by atoms with Gasteiger partial charge < -0.3 is 73.7 Å². The summed E-state index contributed by atoms with van der Waals surface area (Å²) in [6.07, 6.45) is -2.29. The Bertz CT molecular complexity index is 3250. The van der Waals surface area contributed by atoms with Crippen molar-refractivity contribution < 1.29 is 96.0 Å². The van der Waals surface area contributed by atoms with Gasteiger partial charge in [-0.25, -0.2) is 4.39 Å². The van der Waals surface area contributed by atoms with E-state index < -0.39 is 72.6 Å². The number of carboxylic acid groups (broad SMARTS) is 1. The molecular weight excluding hydrogens is 1200 g/mol. The Kier molecular flexibility index (Phi) is 28.7. The van der Waals surface area contributed by atoms with E-state index in [0.717, 1.165) is 10.5 Å². The van der Waals surface area contributed by atoms with E-state index in [1.807, 2.05) is 48.7 Å². The lowest BCUT2D eigenvalue weighted by molar-refractivity contribution is -0.140. The van der Waals surface area contributed by atoms with Gasteiger partial charge in [-0.05, 0) is 103 Å². The fourth-order valence-electron chi connectivity index (χ4n) is 10.4. The highest BCUT2D eigenvalue weighted by atomic mass is 19.1. The SMILES string of the molecule is CC(C)c1c(C(=O)Nc2ccc(OCCOCCOCCOCCOCCOCCOCCNC(=O)CCCNC(=O)COc3cccc4c3C(=O)N(C3CCC(=O)NC3=O)C4=O)cc2)c(-c2ccccc2)c(-c2ccc(F)cc2)n1CC[C@@H](O)C[C@@H](O)CC(=O)O. The van der Waals surface area contributed by atoms with Crippen LogP contribution in [0.15, 0.2) is 97.1 Å². The number of aromatic nitrogens is 1. The number of carboxylic acids is 1. The van der Waals surface area contributed by atoms with E-state index in [9.17, 15) is 53.0 Å². The average Bonchev–Trinajstić information content (AvgIpc) is 1.60. The van der Waals surface area contributed by atoms with Crippen molar-refractivity contribution in [2.45, 2.75) is 89.5 Å². The Morgan fingerprint density at radius 1 is 0.652 bits per heavy atom. The van der Waals surface area contributed by atoms with E-state index >= 15 is 0 Å². The Hall–Kier alpha value is -8.47. The smallest absolute Gasteiger partial charge is 0.305 e. The number of ether oxygens (including phenoxy) is 8. The van der Waals surface area contributed by atoms with Crippen LogP contribution < -0.4 is 30.7 Å². The molecular formula is C66H81FN6O19. The van der Waals surface area contributed by atoms with E-state index in [1.165, 1.54) is 30.3 Å². The summed E-state index contributed by atoms with van der Waals surface area (Å²) < 4.78 is 61.1. The van der Waals surface area contributed by atoms with Crippen LogP contribution in [0.4, 0.5) is 10.1 Å². The van der Waals surface area contributed by atoms with Gasteiger partial charge >= 0.3 is 5.97 Å². The Morgan fingerprint density at radius 3 is 1.87 bits per heavy atom. The second-order valence-electron chi connectivity index (χ2n) is 21.8. The molecule has 92 heavy (non-hydrogen) atoms. The molecule has 5 aromatic rings. The molecule has 0 spiro atoms. The minimum absolute atomic E-state index is 0.00502. The first kappa shape index (κ1) is 71.0. The van der Waals surface area contributed by atoms with E-state index in [2.05, 4.69) is 21.3 Å². The Labute approximate surface area is 532 Å². The maximum atomic E-state index is 14.6. The fourth-order valence-corrected chi connectivity index (χ4v) is 10.4. The fraction of sp³-hybridized carbons (Fsp3) is 0.455. The van der Waals surface area contributed by atoms with Crippen LogP contribution in [-0.4, -0.2) is 196 Å². The molecule has 1 fully saturated rings. The third-order valence-corrected chi connectivity index (χ3v) is 14.6. The molecule has 7 N–H and O–H groups in total. The maximum Gasteiger partial charge on any atom is 0.305 e. The van der Waals surface area contributed by atoms with Gasteiger partial charge in [-0.3, -0.25) is 48.6 Å². The normalized spacial score (nSPS) is 14.5. The average molecular weight is 1280 g/mol. The van der Waals surface area contributed by atoms with Crippen molar-refractivity contribution in [1.82, 2.24) is 25.4 Å². The lowest BCUT2D eigenvalue weighted by atomic mass is 9.94. The lowest BCUT2D eigenvalue weighted by Crippen LogP contribution is -2.54. The molecule has 1 aromatic heterocycles. The summed E-state index contributed by atoms with van der Waals surface area (Å²) in [4.78, 5) is 101. The monoisotopic (exact) mass is 1280 g/mol. The molecule has 0 saturated carbocycles. The number of nitrogens with zero attached hydrogens (tertiary/aromatic N) is 2. The quantitative estimate of drug-likeness (QED) is 0.0193. The van der Waals surface area contributed by atoms with Crippen molar-refractivity contribution in [3.63, 3.8) is 0 Å². The number of fused-ring (bicyclic) bond motifs is 1. The second kappa shape index (κ2) is 37.1. The van der Waals surface area contributed by atoms with Crippen LogP contribution in [0.1, 0.15) is 101 Å². The van der Waals surface area contributed by atoms with E-state index in [-0.39, 0.29) is 93.0 Å². The van der Waals surface area contributed by atoms with E-state index in [0.29, 0.717) is 125 Å². The summed E-state index contributed by atoms with van der Waals surface area (Å²) in [5.41, 5.74) is 4.22. The number of aliphatic hydroxyl groups is 2. The maximum absolute atomic E-state index is 14.6. The number of benzene rings is 4. The van der Waals surface area contributed by atoms with Gasteiger partial charge in [-0.1, -0.05) is 50.2 Å². The van der Waals surface area contributed by atoms with Crippen molar-refractivity contribution in [2.75, 3.05) is 111 Å². The molecule has 1 unspecified atom stereocenters. The van der Waals surface area contributed by atoms with Crippen molar-refractivity contribution in [1.29, 1.82) is 0 Å². The van der Waals surface area contributed by atoms with Crippen molar-refractivity contribution in [3.05, 3.63) is 125 Å². The van der Waals surface area contributed by atoms with Gasteiger partial charge in [-0.15, -0.1) is 0 Å². The van der Waals surface area contributed by atoms with Crippen molar-refractivity contribution >= 4 is 53.0 Å². The summed E-state index contributed by atoms with van der Waals surface area (Å²) in [5, 5.41) is 40.9. The lowest BCUT2D eigenvalue weighted by Gasteiger charge is -2.27. The molecule has 25 nitrogen and oxygen atoms in total. The first-order chi connectivity index (χ1) is 44.5.